The number of hydrogen-bond acceptors (Lipinski definition) is 4. The van der Waals surface area contributed by atoms with E-state index in [9.17, 15) is 14.8 Å². The van der Waals surface area contributed by atoms with Crippen LogP contribution >= 0.6 is 0 Å². The van der Waals surface area contributed by atoms with Crippen molar-refractivity contribution in [3.05, 3.63) is 29.8 Å². The number of nitrogens with one attached hydrogen (secondary N) is 1. The predicted octanol–water partition coefficient (Wildman–Crippen LogP) is 0.0262. The molecule has 5 nitrogen and oxygen atoms in total. The Balaban J connectivity index is 1.73. The number of anilines is 1. The van der Waals surface area contributed by atoms with Crippen LogP contribution in [-0.2, 0) is 11.2 Å². The largest absolute Gasteiger partial charge is 0.475 e. The summed E-state index contributed by atoms with van der Waals surface area (Å²) in [4.78, 5) is 14.1. The van der Waals surface area contributed by atoms with Gasteiger partial charge in [-0.2, -0.15) is 0 Å². The van der Waals surface area contributed by atoms with E-state index in [0.717, 1.165) is 17.7 Å². The van der Waals surface area contributed by atoms with Crippen LogP contribution in [0.3, 0.4) is 0 Å². The van der Waals surface area contributed by atoms with E-state index in [1.165, 1.54) is 0 Å². The van der Waals surface area contributed by atoms with Crippen molar-refractivity contribution < 1.29 is 14.8 Å². The van der Waals surface area contributed by atoms with E-state index in [1.54, 1.807) is 4.90 Å². The monoisotopic (exact) mass is 260 g/mol. The number of nitrogens with zero attached hydrogens (tertiary/aromatic N) is 1. The van der Waals surface area contributed by atoms with Crippen molar-refractivity contribution in [2.24, 2.45) is 0 Å². The minimum absolute atomic E-state index is 0.0354. The first-order valence-electron chi connectivity index (χ1n) is 6.68. The summed E-state index contributed by atoms with van der Waals surface area (Å²) in [6.07, 6.45) is 2.15. The number of benzene rings is 1. The zero-order valence-electron chi connectivity index (χ0n) is 10.6. The van der Waals surface area contributed by atoms with Crippen molar-refractivity contribution in [1.29, 1.82) is 0 Å². The molecule has 2 atom stereocenters. The highest BCUT2D eigenvalue weighted by atomic mass is 16.4. The highest BCUT2D eigenvalue weighted by molar-refractivity contribution is 6.43. The summed E-state index contributed by atoms with van der Waals surface area (Å²) >= 11 is 0. The molecule has 100 valence electrons. The Morgan fingerprint density at radius 2 is 2.16 bits per heavy atom. The van der Waals surface area contributed by atoms with Gasteiger partial charge < -0.3 is 20.3 Å². The summed E-state index contributed by atoms with van der Waals surface area (Å²) in [5, 5.41) is 21.9. The van der Waals surface area contributed by atoms with Gasteiger partial charge in [0.1, 0.15) is 6.04 Å². The summed E-state index contributed by atoms with van der Waals surface area (Å²) in [6.45, 7) is 0.607. The minimum Gasteiger partial charge on any atom is -0.426 e. The Morgan fingerprint density at radius 1 is 1.37 bits per heavy atom. The SMILES string of the molecule is O=C([C@@H]1Cc2ccccc2N1)N1CCC[C@H]1B(O)O. The third kappa shape index (κ3) is 2.22. The molecule has 0 unspecified atom stereocenters. The van der Waals surface area contributed by atoms with Gasteiger partial charge in [-0.25, -0.2) is 0 Å². The van der Waals surface area contributed by atoms with Gasteiger partial charge in [0.2, 0.25) is 5.91 Å². The first-order chi connectivity index (χ1) is 9.16. The maximum absolute atomic E-state index is 12.5. The Bertz CT molecular complexity index is 470. The smallest absolute Gasteiger partial charge is 0.426 e. The van der Waals surface area contributed by atoms with E-state index in [-0.39, 0.29) is 11.9 Å². The van der Waals surface area contributed by atoms with Crippen LogP contribution in [-0.4, -0.2) is 46.5 Å². The molecular weight excluding hydrogens is 243 g/mol. The van der Waals surface area contributed by atoms with Crippen molar-refractivity contribution in [3.8, 4) is 0 Å². The molecule has 3 rings (SSSR count). The third-order valence-corrected chi connectivity index (χ3v) is 4.00. The zero-order valence-corrected chi connectivity index (χ0v) is 10.6. The Kier molecular flexibility index (Phi) is 3.20. The lowest BCUT2D eigenvalue weighted by molar-refractivity contribution is -0.131. The summed E-state index contributed by atoms with van der Waals surface area (Å²) < 4.78 is 0. The molecule has 0 radical (unpaired) electrons. The van der Waals surface area contributed by atoms with Crippen molar-refractivity contribution in [3.63, 3.8) is 0 Å². The van der Waals surface area contributed by atoms with Crippen molar-refractivity contribution in [2.75, 3.05) is 11.9 Å². The molecule has 6 heteroatoms. The van der Waals surface area contributed by atoms with Crippen LogP contribution < -0.4 is 5.32 Å². The Morgan fingerprint density at radius 3 is 2.89 bits per heavy atom. The molecule has 2 aliphatic rings. The quantitative estimate of drug-likeness (QED) is 0.656. The fourth-order valence-corrected chi connectivity index (χ4v) is 3.02. The van der Waals surface area contributed by atoms with Crippen LogP contribution in [0.5, 0.6) is 0 Å². The lowest BCUT2D eigenvalue weighted by atomic mass is 9.77. The predicted molar refractivity (Wildman–Crippen MR) is 72.5 cm³/mol. The van der Waals surface area contributed by atoms with Gasteiger partial charge in [-0.1, -0.05) is 18.2 Å². The summed E-state index contributed by atoms with van der Waals surface area (Å²) in [5.74, 6) is -0.496. The van der Waals surface area contributed by atoms with Gasteiger partial charge in [0.25, 0.3) is 0 Å². The molecule has 1 saturated heterocycles. The van der Waals surface area contributed by atoms with Gasteiger partial charge in [0.05, 0.1) is 5.94 Å². The van der Waals surface area contributed by atoms with Crippen LogP contribution in [0.1, 0.15) is 18.4 Å². The lowest BCUT2D eigenvalue weighted by Gasteiger charge is -2.27. The normalized spacial score (nSPS) is 25.1. The Labute approximate surface area is 112 Å². The second-order valence-electron chi connectivity index (χ2n) is 5.21. The zero-order chi connectivity index (χ0) is 13.4. The molecular formula is C13H17BN2O3. The minimum atomic E-state index is -1.45. The highest BCUT2D eigenvalue weighted by Crippen LogP contribution is 2.28. The number of likely N-dealkylation sites (tertiary alicyclic amines) is 1. The molecule has 1 fully saturated rings. The topological polar surface area (TPSA) is 72.8 Å². The van der Waals surface area contributed by atoms with Crippen LogP contribution in [0, 0.1) is 0 Å². The third-order valence-electron chi connectivity index (χ3n) is 4.00. The van der Waals surface area contributed by atoms with E-state index in [0.29, 0.717) is 19.4 Å². The number of rotatable bonds is 2. The molecule has 1 amide bonds. The van der Waals surface area contributed by atoms with E-state index >= 15 is 0 Å². The fourth-order valence-electron chi connectivity index (χ4n) is 3.02. The molecule has 0 spiro atoms. The summed E-state index contributed by atoms with van der Waals surface area (Å²) in [6, 6.07) is 7.60. The molecule has 0 saturated carbocycles. The molecule has 1 aromatic carbocycles. The lowest BCUT2D eigenvalue weighted by Crippen LogP contribution is -2.50. The summed E-state index contributed by atoms with van der Waals surface area (Å²) in [7, 11) is -1.45. The second-order valence-corrected chi connectivity index (χ2v) is 5.21. The number of para-hydroxylation sites is 1. The standard InChI is InChI=1S/C13H17BN2O3/c17-13(16-7-3-6-12(16)14(18)19)11-8-9-4-1-2-5-10(9)15-11/h1-2,4-5,11-12,15,18-19H,3,6-8H2/t11-,12-/m0/s1. The first-order valence-corrected chi connectivity index (χ1v) is 6.68. The Hall–Kier alpha value is -1.53. The van der Waals surface area contributed by atoms with E-state index < -0.39 is 13.1 Å². The molecule has 0 bridgehead atoms. The average Bonchev–Trinajstić information content (AvgIpc) is 3.04. The van der Waals surface area contributed by atoms with Crippen molar-refractivity contribution in [2.45, 2.75) is 31.2 Å². The molecule has 0 aromatic heterocycles. The van der Waals surface area contributed by atoms with Crippen LogP contribution in [0.25, 0.3) is 0 Å². The second kappa shape index (κ2) is 4.87. The number of hydrogen-bond donors (Lipinski definition) is 3. The number of carbonyl (C=O) groups is 1. The molecule has 2 aliphatic heterocycles. The van der Waals surface area contributed by atoms with Crippen molar-refractivity contribution >= 4 is 18.7 Å². The number of fused-ring (bicyclic) bond motifs is 1. The van der Waals surface area contributed by atoms with E-state index in [2.05, 4.69) is 5.32 Å². The highest BCUT2D eigenvalue weighted by Gasteiger charge is 2.40. The van der Waals surface area contributed by atoms with Gasteiger partial charge in [0, 0.05) is 18.7 Å². The molecule has 19 heavy (non-hydrogen) atoms. The average molecular weight is 260 g/mol. The number of carbonyl (C=O) groups excluding carboxylic acids is 1. The van der Waals surface area contributed by atoms with Gasteiger partial charge in [-0.05, 0) is 24.5 Å². The van der Waals surface area contributed by atoms with Crippen LogP contribution in [0.2, 0.25) is 0 Å². The van der Waals surface area contributed by atoms with Crippen molar-refractivity contribution in [1.82, 2.24) is 4.90 Å². The van der Waals surface area contributed by atoms with Gasteiger partial charge >= 0.3 is 7.12 Å². The van der Waals surface area contributed by atoms with Gasteiger partial charge in [0.15, 0.2) is 0 Å². The molecule has 1 aromatic rings. The fraction of sp³-hybridized carbons (Fsp3) is 0.462. The molecule has 2 heterocycles. The number of amides is 1. The maximum Gasteiger partial charge on any atom is 0.475 e. The summed E-state index contributed by atoms with van der Waals surface area (Å²) in [5.41, 5.74) is 2.14. The van der Waals surface area contributed by atoms with E-state index in [4.69, 9.17) is 0 Å². The molecule has 0 aliphatic carbocycles. The van der Waals surface area contributed by atoms with Gasteiger partial charge in [-0.15, -0.1) is 0 Å². The maximum atomic E-state index is 12.5. The van der Waals surface area contributed by atoms with E-state index in [1.807, 2.05) is 24.3 Å². The first kappa shape index (κ1) is 12.5. The van der Waals surface area contributed by atoms with Crippen LogP contribution in [0.15, 0.2) is 24.3 Å². The van der Waals surface area contributed by atoms with Gasteiger partial charge in [-0.3, -0.25) is 4.79 Å². The van der Waals surface area contributed by atoms with Crippen LogP contribution in [0.4, 0.5) is 5.69 Å². The molecule has 3 N–H and O–H groups in total.